The van der Waals surface area contributed by atoms with Gasteiger partial charge in [0.15, 0.2) is 0 Å². The van der Waals surface area contributed by atoms with Gasteiger partial charge in [0.2, 0.25) is 0 Å². The van der Waals surface area contributed by atoms with E-state index in [0.29, 0.717) is 0 Å². The van der Waals surface area contributed by atoms with Crippen LogP contribution in [0.25, 0.3) is 98.6 Å². The van der Waals surface area contributed by atoms with Crippen LogP contribution in [0.5, 0.6) is 0 Å². The lowest BCUT2D eigenvalue weighted by Gasteiger charge is -2.17. The molecule has 3 heteroatoms. The van der Waals surface area contributed by atoms with Crippen LogP contribution in [-0.2, 0) is 0 Å². The first-order valence-electron chi connectivity index (χ1n) is 14.5. The summed E-state index contributed by atoms with van der Waals surface area (Å²) in [5, 5.41) is 10.2. The summed E-state index contributed by atoms with van der Waals surface area (Å²) < 4.78 is 18.9. The maximum absolute atomic E-state index is 6.50. The van der Waals surface area contributed by atoms with E-state index < -0.39 is 0 Å². The Labute approximate surface area is 245 Å². The summed E-state index contributed by atoms with van der Waals surface area (Å²) in [6, 6.07) is 44.6. The predicted molar refractivity (Wildman–Crippen MR) is 177 cm³/mol. The molecule has 0 N–H and O–H groups in total. The summed E-state index contributed by atoms with van der Waals surface area (Å²) in [6.45, 7) is 0. The topological polar surface area (TPSA) is 39.4 Å². The number of fused-ring (bicyclic) bond motifs is 10. The van der Waals surface area contributed by atoms with Crippen LogP contribution in [0.3, 0.4) is 0 Å². The minimum absolute atomic E-state index is 0.816. The van der Waals surface area contributed by atoms with E-state index in [1.54, 1.807) is 0 Å². The summed E-state index contributed by atoms with van der Waals surface area (Å²) in [5.74, 6) is 0. The Kier molecular flexibility index (Phi) is 4.45. The fourth-order valence-electron chi connectivity index (χ4n) is 7.10. The number of para-hydroxylation sites is 2. The molecule has 10 aromatic rings. The highest BCUT2D eigenvalue weighted by Crippen LogP contribution is 2.48. The molecular weight excluding hydrogens is 528 g/mol. The van der Waals surface area contributed by atoms with Gasteiger partial charge in [-0.1, -0.05) is 91.0 Å². The van der Waals surface area contributed by atoms with Gasteiger partial charge in [-0.25, -0.2) is 0 Å². The number of rotatable bonds is 2. The third kappa shape index (κ3) is 3.08. The van der Waals surface area contributed by atoms with Crippen LogP contribution in [0.15, 0.2) is 147 Å². The van der Waals surface area contributed by atoms with Crippen LogP contribution in [-0.4, -0.2) is 0 Å². The molecule has 0 bridgehead atoms. The van der Waals surface area contributed by atoms with Gasteiger partial charge in [0.25, 0.3) is 0 Å². The Morgan fingerprint density at radius 3 is 1.60 bits per heavy atom. The monoisotopic (exact) mass is 550 g/mol. The highest BCUT2D eigenvalue weighted by atomic mass is 16.3. The average molecular weight is 551 g/mol. The highest BCUT2D eigenvalue weighted by Gasteiger charge is 2.22. The molecule has 7 aromatic carbocycles. The molecule has 0 fully saturated rings. The number of hydrogen-bond donors (Lipinski definition) is 0. The molecule has 200 valence electrons. The minimum atomic E-state index is 0.816. The van der Waals surface area contributed by atoms with Crippen molar-refractivity contribution in [1.29, 1.82) is 0 Å². The molecule has 0 saturated carbocycles. The Morgan fingerprint density at radius 1 is 0.372 bits per heavy atom. The van der Waals surface area contributed by atoms with Gasteiger partial charge < -0.3 is 13.3 Å². The summed E-state index contributed by atoms with van der Waals surface area (Å²) in [5.41, 5.74) is 8.92. The molecule has 3 nitrogen and oxygen atoms in total. The summed E-state index contributed by atoms with van der Waals surface area (Å²) >= 11 is 0. The van der Waals surface area contributed by atoms with Crippen molar-refractivity contribution < 1.29 is 13.3 Å². The zero-order valence-corrected chi connectivity index (χ0v) is 22.9. The zero-order valence-electron chi connectivity index (χ0n) is 22.9. The molecule has 0 saturated heterocycles. The summed E-state index contributed by atoms with van der Waals surface area (Å²) in [7, 11) is 0. The third-order valence-electron chi connectivity index (χ3n) is 8.95. The van der Waals surface area contributed by atoms with Gasteiger partial charge in [0.05, 0.1) is 11.6 Å². The van der Waals surface area contributed by atoms with Crippen LogP contribution in [0.4, 0.5) is 0 Å². The molecular formula is C40H22O3. The smallest absolute Gasteiger partial charge is 0.147 e. The number of hydrogen-bond acceptors (Lipinski definition) is 3. The Hall–Kier alpha value is -5.80. The van der Waals surface area contributed by atoms with Crippen LogP contribution in [0, 0.1) is 0 Å². The quantitative estimate of drug-likeness (QED) is 0.201. The van der Waals surface area contributed by atoms with Crippen molar-refractivity contribution in [3.63, 3.8) is 0 Å². The molecule has 10 rings (SSSR count). The standard InChI is InChI=1S/C40H22O3/c1-3-13-28-26(11-1)37(23-17-19-35-31(21-23)25-10-6-7-15-33(25)42-35)27-12-2-4-14-29(27)38(28)32-22-41-36-20-18-30-24-9-5-8-16-34(24)43-40(30)39(32)36/h1-22H. The molecule has 3 aromatic heterocycles. The van der Waals surface area contributed by atoms with E-state index in [-0.39, 0.29) is 0 Å². The van der Waals surface area contributed by atoms with E-state index >= 15 is 0 Å². The maximum atomic E-state index is 6.50. The molecule has 0 unspecified atom stereocenters. The SMILES string of the molecule is c1ccc2c(c1)oc1ccc(-c3c4ccccc4c(-c4coc5ccc6c7ccccc7oc6c45)c4ccccc34)cc12. The Bertz CT molecular complexity index is 2680. The third-order valence-corrected chi connectivity index (χ3v) is 8.95. The fourth-order valence-corrected chi connectivity index (χ4v) is 7.10. The molecule has 43 heavy (non-hydrogen) atoms. The zero-order chi connectivity index (χ0) is 28.1. The Morgan fingerprint density at radius 2 is 0.907 bits per heavy atom. The van der Waals surface area contributed by atoms with Crippen molar-refractivity contribution in [3.05, 3.63) is 134 Å². The second-order valence-electron chi connectivity index (χ2n) is 11.2. The number of benzene rings is 7. The van der Waals surface area contributed by atoms with Crippen LogP contribution in [0.2, 0.25) is 0 Å². The summed E-state index contributed by atoms with van der Waals surface area (Å²) in [4.78, 5) is 0. The van der Waals surface area contributed by atoms with E-state index in [1.807, 2.05) is 30.5 Å². The van der Waals surface area contributed by atoms with E-state index in [2.05, 4.69) is 103 Å². The van der Waals surface area contributed by atoms with E-state index in [0.717, 1.165) is 71.5 Å². The molecule has 0 aliphatic heterocycles. The van der Waals surface area contributed by atoms with Crippen molar-refractivity contribution in [2.45, 2.75) is 0 Å². The van der Waals surface area contributed by atoms with Gasteiger partial charge in [-0.2, -0.15) is 0 Å². The van der Waals surface area contributed by atoms with Crippen molar-refractivity contribution in [1.82, 2.24) is 0 Å². The molecule has 0 amide bonds. The average Bonchev–Trinajstić information content (AvgIpc) is 3.76. The molecule has 0 radical (unpaired) electrons. The van der Waals surface area contributed by atoms with Gasteiger partial charge in [-0.3, -0.25) is 0 Å². The van der Waals surface area contributed by atoms with Crippen LogP contribution >= 0.6 is 0 Å². The highest BCUT2D eigenvalue weighted by molar-refractivity contribution is 6.26. The predicted octanol–water partition coefficient (Wildman–Crippen LogP) is 11.9. The number of furan rings is 3. The normalized spacial score (nSPS) is 12.2. The summed E-state index contributed by atoms with van der Waals surface area (Å²) in [6.07, 6.45) is 1.90. The van der Waals surface area contributed by atoms with Crippen molar-refractivity contribution in [2.24, 2.45) is 0 Å². The van der Waals surface area contributed by atoms with Gasteiger partial charge >= 0.3 is 0 Å². The largest absolute Gasteiger partial charge is 0.464 e. The second-order valence-corrected chi connectivity index (χ2v) is 11.2. The van der Waals surface area contributed by atoms with Crippen molar-refractivity contribution >= 4 is 76.4 Å². The molecule has 0 spiro atoms. The van der Waals surface area contributed by atoms with Gasteiger partial charge in [-0.05, 0) is 69.1 Å². The lowest BCUT2D eigenvalue weighted by atomic mass is 9.85. The molecule has 0 aliphatic rings. The lowest BCUT2D eigenvalue weighted by molar-refractivity contribution is 0.616. The van der Waals surface area contributed by atoms with Gasteiger partial charge in [0, 0.05) is 32.7 Å². The Balaban J connectivity index is 1.34. The van der Waals surface area contributed by atoms with Crippen molar-refractivity contribution in [2.75, 3.05) is 0 Å². The van der Waals surface area contributed by atoms with E-state index in [4.69, 9.17) is 13.3 Å². The first kappa shape index (κ1) is 22.8. The minimum Gasteiger partial charge on any atom is -0.464 e. The van der Waals surface area contributed by atoms with E-state index in [9.17, 15) is 0 Å². The van der Waals surface area contributed by atoms with Gasteiger partial charge in [-0.15, -0.1) is 0 Å². The van der Waals surface area contributed by atoms with Gasteiger partial charge in [0.1, 0.15) is 27.9 Å². The first-order valence-corrected chi connectivity index (χ1v) is 14.5. The van der Waals surface area contributed by atoms with Crippen LogP contribution < -0.4 is 0 Å². The fraction of sp³-hybridized carbons (Fsp3) is 0. The van der Waals surface area contributed by atoms with E-state index in [1.165, 1.54) is 27.1 Å². The first-order chi connectivity index (χ1) is 21.3. The molecule has 0 aliphatic carbocycles. The lowest BCUT2D eigenvalue weighted by Crippen LogP contribution is -1.90. The van der Waals surface area contributed by atoms with Crippen LogP contribution in [0.1, 0.15) is 0 Å². The second kappa shape index (κ2) is 8.37. The maximum Gasteiger partial charge on any atom is 0.147 e. The van der Waals surface area contributed by atoms with Crippen molar-refractivity contribution in [3.8, 4) is 22.3 Å². The molecule has 0 atom stereocenters. The molecule has 3 heterocycles.